The fourth-order valence-electron chi connectivity index (χ4n) is 2.10. The molecular formula is C13H19BrFNO3S. The zero-order chi connectivity index (χ0) is 15.3. The maximum atomic E-state index is 13.9. The zero-order valence-corrected chi connectivity index (χ0v) is 13.9. The van der Waals surface area contributed by atoms with Crippen LogP contribution < -0.4 is 0 Å². The molecule has 0 saturated heterocycles. The number of hydrogen-bond donors (Lipinski definition) is 1. The minimum Gasteiger partial charge on any atom is -0.395 e. The predicted octanol–water partition coefficient (Wildman–Crippen LogP) is 2.76. The molecule has 1 aromatic carbocycles. The molecule has 0 aliphatic heterocycles. The monoisotopic (exact) mass is 367 g/mol. The van der Waals surface area contributed by atoms with Crippen LogP contribution in [0.15, 0.2) is 27.6 Å². The summed E-state index contributed by atoms with van der Waals surface area (Å²) >= 11 is 3.10. The smallest absolute Gasteiger partial charge is 0.246 e. The predicted molar refractivity (Wildman–Crippen MR) is 79.4 cm³/mol. The summed E-state index contributed by atoms with van der Waals surface area (Å²) in [7, 11) is -3.96. The quantitative estimate of drug-likeness (QED) is 0.805. The number of hydrogen-bond acceptors (Lipinski definition) is 3. The lowest BCUT2D eigenvalue weighted by Crippen LogP contribution is -2.41. The summed E-state index contributed by atoms with van der Waals surface area (Å²) in [5.74, 6) is -0.798. The Kier molecular flexibility index (Phi) is 6.57. The summed E-state index contributed by atoms with van der Waals surface area (Å²) in [6.45, 7) is 3.40. The lowest BCUT2D eigenvalue weighted by molar-refractivity contribution is 0.219. The normalized spacial score (nSPS) is 12.3. The Bertz CT molecular complexity index is 547. The number of sulfonamides is 1. The van der Waals surface area contributed by atoms with Gasteiger partial charge in [-0.15, -0.1) is 0 Å². The number of aliphatic hydroxyl groups is 1. The van der Waals surface area contributed by atoms with Gasteiger partial charge in [-0.3, -0.25) is 0 Å². The second-order valence-electron chi connectivity index (χ2n) is 4.38. The Morgan fingerprint density at radius 1 is 1.35 bits per heavy atom. The Balaban J connectivity index is 3.28. The first-order valence-electron chi connectivity index (χ1n) is 6.46. The van der Waals surface area contributed by atoms with Crippen molar-refractivity contribution in [1.82, 2.24) is 4.31 Å². The van der Waals surface area contributed by atoms with E-state index in [0.29, 0.717) is 17.3 Å². The van der Waals surface area contributed by atoms with Crippen LogP contribution in [-0.4, -0.2) is 37.0 Å². The van der Waals surface area contributed by atoms with E-state index in [9.17, 15) is 12.8 Å². The second kappa shape index (κ2) is 7.49. The molecule has 0 unspecified atom stereocenters. The van der Waals surface area contributed by atoms with Gasteiger partial charge in [-0.25, -0.2) is 12.8 Å². The van der Waals surface area contributed by atoms with Crippen molar-refractivity contribution in [2.45, 2.75) is 37.6 Å². The molecule has 0 bridgehead atoms. The van der Waals surface area contributed by atoms with E-state index >= 15 is 0 Å². The van der Waals surface area contributed by atoms with Gasteiger partial charge in [-0.05, 0) is 31.0 Å². The number of nitrogens with zero attached hydrogens (tertiary/aromatic N) is 1. The third-order valence-electron chi connectivity index (χ3n) is 3.15. The SMILES string of the molecule is CCC(CC)N(CCO)S(=O)(=O)c1ccc(Br)cc1F. The van der Waals surface area contributed by atoms with Gasteiger partial charge in [0.05, 0.1) is 6.61 Å². The van der Waals surface area contributed by atoms with Crippen LogP contribution in [0.1, 0.15) is 26.7 Å². The van der Waals surface area contributed by atoms with Gasteiger partial charge in [0.15, 0.2) is 0 Å². The second-order valence-corrected chi connectivity index (χ2v) is 7.16. The van der Waals surface area contributed by atoms with Gasteiger partial charge >= 0.3 is 0 Å². The molecule has 0 aliphatic rings. The third-order valence-corrected chi connectivity index (χ3v) is 5.63. The lowest BCUT2D eigenvalue weighted by atomic mass is 10.2. The van der Waals surface area contributed by atoms with Crippen LogP contribution in [0, 0.1) is 5.82 Å². The summed E-state index contributed by atoms with van der Waals surface area (Å²) in [4.78, 5) is -0.360. The molecule has 7 heteroatoms. The average molecular weight is 368 g/mol. The van der Waals surface area contributed by atoms with E-state index in [2.05, 4.69) is 15.9 Å². The van der Waals surface area contributed by atoms with Crippen molar-refractivity contribution in [1.29, 1.82) is 0 Å². The molecule has 1 aromatic rings. The number of rotatable bonds is 7. The Morgan fingerprint density at radius 2 is 1.95 bits per heavy atom. The van der Waals surface area contributed by atoms with Crippen LogP contribution in [0.4, 0.5) is 4.39 Å². The zero-order valence-electron chi connectivity index (χ0n) is 11.5. The summed E-state index contributed by atoms with van der Waals surface area (Å²) in [5.41, 5.74) is 0. The number of halogens is 2. The maximum Gasteiger partial charge on any atom is 0.246 e. The van der Waals surface area contributed by atoms with Crippen molar-refractivity contribution in [3.63, 3.8) is 0 Å². The van der Waals surface area contributed by atoms with E-state index in [1.165, 1.54) is 16.4 Å². The molecule has 20 heavy (non-hydrogen) atoms. The van der Waals surface area contributed by atoms with Gasteiger partial charge in [0.25, 0.3) is 0 Å². The van der Waals surface area contributed by atoms with Crippen molar-refractivity contribution >= 4 is 26.0 Å². The molecule has 1 rings (SSSR count). The molecule has 0 saturated carbocycles. The maximum absolute atomic E-state index is 13.9. The van der Waals surface area contributed by atoms with Crippen LogP contribution in [0.25, 0.3) is 0 Å². The van der Waals surface area contributed by atoms with Crippen LogP contribution >= 0.6 is 15.9 Å². The highest BCUT2D eigenvalue weighted by Gasteiger charge is 2.31. The first kappa shape index (κ1) is 17.6. The summed E-state index contributed by atoms with van der Waals surface area (Å²) in [6.07, 6.45) is 1.21. The molecule has 0 radical (unpaired) electrons. The minimum absolute atomic E-state index is 0.0375. The first-order valence-corrected chi connectivity index (χ1v) is 8.69. The standard InChI is InChI=1S/C13H19BrFNO3S/c1-3-11(4-2)16(7-8-17)20(18,19)13-6-5-10(14)9-12(13)15/h5-6,9,11,17H,3-4,7-8H2,1-2H3. The van der Waals surface area contributed by atoms with E-state index in [1.54, 1.807) is 0 Å². The van der Waals surface area contributed by atoms with Gasteiger partial charge in [-0.1, -0.05) is 29.8 Å². The van der Waals surface area contributed by atoms with Crippen LogP contribution in [-0.2, 0) is 10.0 Å². The molecule has 0 heterocycles. The number of benzene rings is 1. The fourth-order valence-corrected chi connectivity index (χ4v) is 4.25. The summed E-state index contributed by atoms with van der Waals surface area (Å²) < 4.78 is 40.7. The highest BCUT2D eigenvalue weighted by Crippen LogP contribution is 2.25. The van der Waals surface area contributed by atoms with Crippen molar-refractivity contribution in [2.75, 3.05) is 13.2 Å². The van der Waals surface area contributed by atoms with Gasteiger partial charge in [0, 0.05) is 17.1 Å². The molecule has 0 aliphatic carbocycles. The largest absolute Gasteiger partial charge is 0.395 e. The molecule has 0 atom stereocenters. The van der Waals surface area contributed by atoms with Gasteiger partial charge in [-0.2, -0.15) is 4.31 Å². The van der Waals surface area contributed by atoms with Gasteiger partial charge in [0.1, 0.15) is 10.7 Å². The molecule has 4 nitrogen and oxygen atoms in total. The van der Waals surface area contributed by atoms with E-state index in [1.807, 2.05) is 13.8 Å². The van der Waals surface area contributed by atoms with Gasteiger partial charge in [0.2, 0.25) is 10.0 Å². The van der Waals surface area contributed by atoms with E-state index < -0.39 is 15.8 Å². The highest BCUT2D eigenvalue weighted by atomic mass is 79.9. The Morgan fingerprint density at radius 3 is 2.40 bits per heavy atom. The van der Waals surface area contributed by atoms with Gasteiger partial charge < -0.3 is 5.11 Å². The highest BCUT2D eigenvalue weighted by molar-refractivity contribution is 9.10. The van der Waals surface area contributed by atoms with Crippen molar-refractivity contribution in [2.24, 2.45) is 0 Å². The molecule has 114 valence electrons. The third kappa shape index (κ3) is 3.78. The van der Waals surface area contributed by atoms with E-state index in [-0.39, 0.29) is 24.1 Å². The molecule has 1 N–H and O–H groups in total. The Labute approximate surface area is 127 Å². The van der Waals surface area contributed by atoms with Crippen molar-refractivity contribution in [3.05, 3.63) is 28.5 Å². The minimum atomic E-state index is -3.96. The summed E-state index contributed by atoms with van der Waals surface area (Å²) in [6, 6.07) is 3.59. The molecule has 0 fully saturated rings. The fraction of sp³-hybridized carbons (Fsp3) is 0.538. The lowest BCUT2D eigenvalue weighted by Gasteiger charge is -2.29. The average Bonchev–Trinajstić information content (AvgIpc) is 2.38. The first-order chi connectivity index (χ1) is 9.38. The summed E-state index contributed by atoms with van der Waals surface area (Å²) in [5, 5.41) is 9.09. The van der Waals surface area contributed by atoms with E-state index in [0.717, 1.165) is 6.07 Å². The number of aliphatic hydroxyl groups excluding tert-OH is 1. The van der Waals surface area contributed by atoms with Crippen LogP contribution in [0.5, 0.6) is 0 Å². The Hall–Kier alpha value is -0.500. The van der Waals surface area contributed by atoms with Crippen LogP contribution in [0.2, 0.25) is 0 Å². The topological polar surface area (TPSA) is 57.6 Å². The van der Waals surface area contributed by atoms with Crippen LogP contribution in [0.3, 0.4) is 0 Å². The molecule has 0 aromatic heterocycles. The van der Waals surface area contributed by atoms with E-state index in [4.69, 9.17) is 5.11 Å². The molecular weight excluding hydrogens is 349 g/mol. The van der Waals surface area contributed by atoms with Crippen molar-refractivity contribution in [3.8, 4) is 0 Å². The van der Waals surface area contributed by atoms with Crippen molar-refractivity contribution < 1.29 is 17.9 Å². The molecule has 0 amide bonds. The molecule has 0 spiro atoms.